The molecular formula is C21H22N4O. The lowest BCUT2D eigenvalue weighted by Crippen LogP contribution is -2.23. The molecule has 0 aliphatic carbocycles. The Balaban J connectivity index is 1.87. The second-order valence-electron chi connectivity index (χ2n) is 6.98. The van der Waals surface area contributed by atoms with E-state index in [4.69, 9.17) is 0 Å². The highest BCUT2D eigenvalue weighted by atomic mass is 16.2. The zero-order valence-corrected chi connectivity index (χ0v) is 15.2. The molecule has 1 aromatic heterocycles. The molecule has 5 nitrogen and oxygen atoms in total. The molecule has 0 fully saturated rings. The van der Waals surface area contributed by atoms with E-state index in [1.165, 1.54) is 0 Å². The Morgan fingerprint density at radius 1 is 0.923 bits per heavy atom. The first-order chi connectivity index (χ1) is 12.4. The van der Waals surface area contributed by atoms with Crippen LogP contribution in [0.25, 0.3) is 0 Å². The van der Waals surface area contributed by atoms with Crippen LogP contribution in [0.3, 0.4) is 0 Å². The zero-order valence-electron chi connectivity index (χ0n) is 15.2. The third-order valence-electron chi connectivity index (χ3n) is 3.90. The molecule has 0 bridgehead atoms. The molecule has 26 heavy (non-hydrogen) atoms. The Morgan fingerprint density at radius 2 is 1.46 bits per heavy atom. The van der Waals surface area contributed by atoms with E-state index in [1.54, 1.807) is 17.1 Å². The quantitative estimate of drug-likeness (QED) is 0.577. The molecule has 132 valence electrons. The summed E-state index contributed by atoms with van der Waals surface area (Å²) >= 11 is 0. The van der Waals surface area contributed by atoms with Crippen molar-refractivity contribution in [1.82, 2.24) is 15.2 Å². The summed E-state index contributed by atoms with van der Waals surface area (Å²) in [5.74, 6) is -0.287. The molecule has 2 aromatic carbocycles. The van der Waals surface area contributed by atoms with Gasteiger partial charge in [-0.15, -0.1) is 0 Å². The van der Waals surface area contributed by atoms with Gasteiger partial charge in [0.1, 0.15) is 0 Å². The van der Waals surface area contributed by atoms with E-state index < -0.39 is 0 Å². The third kappa shape index (κ3) is 4.06. The van der Waals surface area contributed by atoms with Crippen LogP contribution >= 0.6 is 0 Å². The maximum atomic E-state index is 12.5. The van der Waals surface area contributed by atoms with Crippen molar-refractivity contribution in [3.8, 4) is 0 Å². The molecule has 3 rings (SSSR count). The highest BCUT2D eigenvalue weighted by Gasteiger charge is 2.17. The predicted octanol–water partition coefficient (Wildman–Crippen LogP) is 3.82. The summed E-state index contributed by atoms with van der Waals surface area (Å²) in [5.41, 5.74) is 5.53. The highest BCUT2D eigenvalue weighted by Crippen LogP contribution is 2.14. The van der Waals surface area contributed by atoms with E-state index in [2.05, 4.69) is 15.6 Å². The Kier molecular flexibility index (Phi) is 4.98. The van der Waals surface area contributed by atoms with Gasteiger partial charge in [-0.2, -0.15) is 10.2 Å². The summed E-state index contributed by atoms with van der Waals surface area (Å²) in [4.78, 5) is 12.5. The van der Waals surface area contributed by atoms with Gasteiger partial charge in [0.15, 0.2) is 0 Å². The Bertz CT molecular complexity index is 864. The number of nitrogens with zero attached hydrogens (tertiary/aromatic N) is 3. The van der Waals surface area contributed by atoms with E-state index in [-0.39, 0.29) is 11.4 Å². The maximum absolute atomic E-state index is 12.5. The van der Waals surface area contributed by atoms with Gasteiger partial charge in [0.2, 0.25) is 0 Å². The molecule has 0 spiro atoms. The van der Waals surface area contributed by atoms with Crippen LogP contribution in [0.4, 0.5) is 0 Å². The van der Waals surface area contributed by atoms with Gasteiger partial charge < -0.3 is 0 Å². The molecular weight excluding hydrogens is 324 g/mol. The molecule has 0 saturated carbocycles. The number of nitrogens with one attached hydrogen (secondary N) is 1. The Morgan fingerprint density at radius 3 is 1.92 bits per heavy atom. The minimum atomic E-state index is -0.287. The van der Waals surface area contributed by atoms with Gasteiger partial charge in [-0.3, -0.25) is 9.48 Å². The van der Waals surface area contributed by atoms with Gasteiger partial charge in [-0.1, -0.05) is 60.7 Å². The van der Waals surface area contributed by atoms with E-state index >= 15 is 0 Å². The number of carbonyl (C=O) groups excluding carboxylic acids is 1. The van der Waals surface area contributed by atoms with Crippen molar-refractivity contribution in [2.24, 2.45) is 5.10 Å². The van der Waals surface area contributed by atoms with Crippen LogP contribution in [-0.2, 0) is 5.54 Å². The lowest BCUT2D eigenvalue weighted by molar-refractivity contribution is 0.0954. The molecule has 1 amide bonds. The van der Waals surface area contributed by atoms with Crippen LogP contribution in [0.1, 0.15) is 42.3 Å². The predicted molar refractivity (Wildman–Crippen MR) is 103 cm³/mol. The Labute approximate surface area is 153 Å². The number of rotatable bonds is 4. The third-order valence-corrected chi connectivity index (χ3v) is 3.90. The molecule has 5 heteroatoms. The van der Waals surface area contributed by atoms with Crippen molar-refractivity contribution in [3.63, 3.8) is 0 Å². The van der Waals surface area contributed by atoms with Crippen LogP contribution < -0.4 is 5.43 Å². The number of hydrazone groups is 1. The van der Waals surface area contributed by atoms with Gasteiger partial charge in [0, 0.05) is 17.3 Å². The molecule has 0 aliphatic rings. The van der Waals surface area contributed by atoms with E-state index in [0.29, 0.717) is 11.3 Å². The lowest BCUT2D eigenvalue weighted by Gasteiger charge is -2.18. The smallest absolute Gasteiger partial charge is 0.267 e. The summed E-state index contributed by atoms with van der Waals surface area (Å²) in [5, 5.41) is 8.65. The second-order valence-corrected chi connectivity index (χ2v) is 6.98. The van der Waals surface area contributed by atoms with Crippen molar-refractivity contribution in [1.29, 1.82) is 0 Å². The molecule has 0 saturated heterocycles. The fourth-order valence-corrected chi connectivity index (χ4v) is 2.47. The van der Waals surface area contributed by atoms with Crippen molar-refractivity contribution < 1.29 is 4.79 Å². The monoisotopic (exact) mass is 346 g/mol. The number of hydrogen-bond acceptors (Lipinski definition) is 3. The molecule has 0 unspecified atom stereocenters. The minimum absolute atomic E-state index is 0.180. The topological polar surface area (TPSA) is 59.3 Å². The molecule has 0 atom stereocenters. The first kappa shape index (κ1) is 17.6. The fourth-order valence-electron chi connectivity index (χ4n) is 2.47. The van der Waals surface area contributed by atoms with Gasteiger partial charge in [-0.25, -0.2) is 5.43 Å². The van der Waals surface area contributed by atoms with Crippen LogP contribution in [0.5, 0.6) is 0 Å². The van der Waals surface area contributed by atoms with Crippen LogP contribution in [0, 0.1) is 0 Å². The van der Waals surface area contributed by atoms with E-state index in [9.17, 15) is 4.79 Å². The van der Waals surface area contributed by atoms with Crippen molar-refractivity contribution in [2.75, 3.05) is 0 Å². The zero-order chi connectivity index (χ0) is 18.6. The summed E-state index contributed by atoms with van der Waals surface area (Å²) in [6.45, 7) is 6.09. The maximum Gasteiger partial charge on any atom is 0.274 e. The first-order valence-electron chi connectivity index (χ1n) is 8.49. The SMILES string of the molecule is CC(C)(C)n1cc(C(=O)NN=C(c2ccccc2)c2ccccc2)cn1. The summed E-state index contributed by atoms with van der Waals surface area (Å²) in [7, 11) is 0. The summed E-state index contributed by atoms with van der Waals surface area (Å²) in [6, 6.07) is 19.6. The van der Waals surface area contributed by atoms with Gasteiger partial charge in [-0.05, 0) is 20.8 Å². The van der Waals surface area contributed by atoms with Crippen LogP contribution in [-0.4, -0.2) is 21.4 Å². The molecule has 1 heterocycles. The van der Waals surface area contributed by atoms with Crippen molar-refractivity contribution >= 4 is 11.6 Å². The number of hydrogen-bond donors (Lipinski definition) is 1. The van der Waals surface area contributed by atoms with Gasteiger partial charge in [0.25, 0.3) is 5.91 Å². The minimum Gasteiger partial charge on any atom is -0.267 e. The number of amides is 1. The molecule has 0 aliphatic heterocycles. The number of aromatic nitrogens is 2. The second kappa shape index (κ2) is 7.35. The van der Waals surface area contributed by atoms with E-state index in [1.807, 2.05) is 81.4 Å². The summed E-state index contributed by atoms with van der Waals surface area (Å²) < 4.78 is 1.76. The van der Waals surface area contributed by atoms with Gasteiger partial charge >= 0.3 is 0 Å². The first-order valence-corrected chi connectivity index (χ1v) is 8.49. The standard InChI is InChI=1S/C21H22N4O/c1-21(2,3)25-15-18(14-22-25)20(26)24-23-19(16-10-6-4-7-11-16)17-12-8-5-9-13-17/h4-15H,1-3H3,(H,24,26). The fraction of sp³-hybridized carbons (Fsp3) is 0.190. The lowest BCUT2D eigenvalue weighted by atomic mass is 10.0. The van der Waals surface area contributed by atoms with Gasteiger partial charge in [0.05, 0.1) is 23.0 Å². The average Bonchev–Trinajstić information content (AvgIpc) is 3.14. The van der Waals surface area contributed by atoms with Crippen LogP contribution in [0.15, 0.2) is 78.2 Å². The largest absolute Gasteiger partial charge is 0.274 e. The molecule has 3 aromatic rings. The van der Waals surface area contributed by atoms with Crippen molar-refractivity contribution in [2.45, 2.75) is 26.3 Å². The van der Waals surface area contributed by atoms with Crippen LogP contribution in [0.2, 0.25) is 0 Å². The van der Waals surface area contributed by atoms with E-state index in [0.717, 1.165) is 11.1 Å². The highest BCUT2D eigenvalue weighted by molar-refractivity contribution is 6.13. The number of benzene rings is 2. The number of carbonyl (C=O) groups is 1. The average molecular weight is 346 g/mol. The molecule has 1 N–H and O–H groups in total. The van der Waals surface area contributed by atoms with Crippen molar-refractivity contribution in [3.05, 3.63) is 89.7 Å². The summed E-state index contributed by atoms with van der Waals surface area (Å²) in [6.07, 6.45) is 3.29. The normalized spacial score (nSPS) is 11.0. The Hall–Kier alpha value is -3.21. The molecule has 0 radical (unpaired) electrons.